The first-order valence-corrected chi connectivity index (χ1v) is 9.73. The van der Waals surface area contributed by atoms with Gasteiger partial charge in [0.1, 0.15) is 39.2 Å². The number of nitrogens with one attached hydrogen (secondary N) is 1. The summed E-state index contributed by atoms with van der Waals surface area (Å²) in [6.07, 6.45) is 3.17. The molecule has 0 aliphatic heterocycles. The number of rotatable bonds is 4. The van der Waals surface area contributed by atoms with Crippen molar-refractivity contribution in [3.63, 3.8) is 0 Å². The summed E-state index contributed by atoms with van der Waals surface area (Å²) in [5.41, 5.74) is 9.05. The largest absolute Gasteiger partial charge is 0.382 e. The van der Waals surface area contributed by atoms with Gasteiger partial charge in [-0.3, -0.25) is 0 Å². The monoisotopic (exact) mass is 468 g/mol. The van der Waals surface area contributed by atoms with Crippen molar-refractivity contribution in [1.82, 2.24) is 24.6 Å². The first kappa shape index (κ1) is 19.1. The molecule has 3 N–H and O–H groups in total. The fraction of sp³-hybridized carbons (Fsp3) is 0.105. The van der Waals surface area contributed by atoms with Crippen molar-refractivity contribution in [2.24, 2.45) is 0 Å². The number of benzene rings is 1. The van der Waals surface area contributed by atoms with Crippen LogP contribution in [0.15, 0.2) is 47.5 Å². The third-order valence-corrected chi connectivity index (χ3v) is 5.53. The van der Waals surface area contributed by atoms with Crippen LogP contribution in [0.3, 0.4) is 0 Å². The van der Waals surface area contributed by atoms with E-state index in [2.05, 4.69) is 36.3 Å². The van der Waals surface area contributed by atoms with Crippen LogP contribution in [0, 0.1) is 11.3 Å². The maximum Gasteiger partial charge on any atom is 0.175 e. The van der Waals surface area contributed by atoms with E-state index in [-0.39, 0.29) is 17.4 Å². The van der Waals surface area contributed by atoms with Gasteiger partial charge >= 0.3 is 0 Å². The summed E-state index contributed by atoms with van der Waals surface area (Å²) in [5, 5.41) is 17.4. The van der Waals surface area contributed by atoms with Crippen molar-refractivity contribution < 1.29 is 0 Å². The van der Waals surface area contributed by atoms with Gasteiger partial charge in [-0.25, -0.2) is 19.5 Å². The number of anilines is 2. The van der Waals surface area contributed by atoms with E-state index in [1.165, 1.54) is 6.33 Å². The number of aromatic nitrogens is 5. The Morgan fingerprint density at radius 3 is 2.76 bits per heavy atom. The number of nitriles is 1. The van der Waals surface area contributed by atoms with E-state index >= 15 is 0 Å². The molecule has 144 valence electrons. The van der Waals surface area contributed by atoms with Crippen LogP contribution in [0.4, 0.5) is 11.6 Å². The van der Waals surface area contributed by atoms with Crippen LogP contribution in [-0.2, 0) is 0 Å². The zero-order valence-corrected chi connectivity index (χ0v) is 17.5. The van der Waals surface area contributed by atoms with Crippen molar-refractivity contribution in [3.8, 4) is 17.3 Å². The molecule has 0 radical (unpaired) electrons. The zero-order chi connectivity index (χ0) is 20.5. The van der Waals surface area contributed by atoms with Gasteiger partial charge in [0.05, 0.1) is 11.7 Å². The van der Waals surface area contributed by atoms with E-state index in [1.807, 2.05) is 49.5 Å². The lowest BCUT2D eigenvalue weighted by Gasteiger charge is -2.19. The molecule has 29 heavy (non-hydrogen) atoms. The Bertz CT molecular complexity index is 1250. The quantitative estimate of drug-likeness (QED) is 0.459. The van der Waals surface area contributed by atoms with Gasteiger partial charge in [0.25, 0.3) is 0 Å². The Balaban J connectivity index is 1.86. The maximum absolute atomic E-state index is 9.39. The highest BCUT2D eigenvalue weighted by atomic mass is 79.9. The second-order valence-electron chi connectivity index (χ2n) is 6.24. The van der Waals surface area contributed by atoms with E-state index in [0.29, 0.717) is 21.1 Å². The standard InChI is InChI=1S/C19H14BrClN8/c1-10(26-18-12(7-22)17(23)24-9-25-18)13-8-29-19(14(21)16(20)28-29)27-15(13)11-5-3-2-4-6-11/h2-6,8-10H,1H3,(H3,23,24,25,26)/t10-/m0/s1. The lowest BCUT2D eigenvalue weighted by Crippen LogP contribution is -2.14. The number of nitrogens with two attached hydrogens (primary N) is 1. The number of fused-ring (bicyclic) bond motifs is 1. The van der Waals surface area contributed by atoms with E-state index in [4.69, 9.17) is 22.3 Å². The third-order valence-electron chi connectivity index (χ3n) is 4.40. The molecule has 4 rings (SSSR count). The van der Waals surface area contributed by atoms with Crippen LogP contribution in [0.2, 0.25) is 5.02 Å². The number of hydrogen-bond donors (Lipinski definition) is 2. The number of nitrogen functional groups attached to an aromatic ring is 1. The SMILES string of the molecule is C[C@H](Nc1ncnc(N)c1C#N)c1cn2nc(Br)c(Cl)c2nc1-c1ccccc1. The Morgan fingerprint density at radius 2 is 2.03 bits per heavy atom. The number of halogens is 2. The predicted octanol–water partition coefficient (Wildman–Crippen LogP) is 4.23. The lowest BCUT2D eigenvalue weighted by atomic mass is 10.0. The molecule has 0 saturated carbocycles. The summed E-state index contributed by atoms with van der Waals surface area (Å²) >= 11 is 9.69. The summed E-state index contributed by atoms with van der Waals surface area (Å²) in [6, 6.07) is 11.5. The Kier molecular flexibility index (Phi) is 5.05. The van der Waals surface area contributed by atoms with Crippen LogP contribution in [0.1, 0.15) is 24.1 Å². The molecule has 3 heterocycles. The fourth-order valence-electron chi connectivity index (χ4n) is 2.98. The molecule has 1 atom stereocenters. The zero-order valence-electron chi connectivity index (χ0n) is 15.1. The summed E-state index contributed by atoms with van der Waals surface area (Å²) in [5.74, 6) is 0.475. The van der Waals surface area contributed by atoms with Gasteiger partial charge in [0.2, 0.25) is 0 Å². The van der Waals surface area contributed by atoms with E-state index in [0.717, 1.165) is 16.8 Å². The second-order valence-corrected chi connectivity index (χ2v) is 7.37. The molecule has 0 fully saturated rings. The summed E-state index contributed by atoms with van der Waals surface area (Å²) in [6.45, 7) is 1.94. The second kappa shape index (κ2) is 7.66. The molecule has 4 aromatic rings. The van der Waals surface area contributed by atoms with Crippen molar-refractivity contribution in [2.45, 2.75) is 13.0 Å². The Morgan fingerprint density at radius 1 is 1.28 bits per heavy atom. The van der Waals surface area contributed by atoms with Crippen LogP contribution in [0.25, 0.3) is 16.9 Å². The molecule has 8 nitrogen and oxygen atoms in total. The molecule has 3 aromatic heterocycles. The molecular weight excluding hydrogens is 456 g/mol. The Hall–Kier alpha value is -3.22. The number of nitrogens with zero attached hydrogens (tertiary/aromatic N) is 6. The average molecular weight is 470 g/mol. The highest BCUT2D eigenvalue weighted by Gasteiger charge is 2.20. The molecule has 0 saturated heterocycles. The minimum atomic E-state index is -0.273. The molecular formula is C19H14BrClN8. The molecule has 0 spiro atoms. The van der Waals surface area contributed by atoms with Gasteiger partial charge in [-0.1, -0.05) is 41.9 Å². The van der Waals surface area contributed by atoms with Crippen molar-refractivity contribution in [1.29, 1.82) is 5.26 Å². The predicted molar refractivity (Wildman–Crippen MR) is 114 cm³/mol. The topological polar surface area (TPSA) is 118 Å². The summed E-state index contributed by atoms with van der Waals surface area (Å²) in [4.78, 5) is 12.8. The molecule has 0 unspecified atom stereocenters. The van der Waals surface area contributed by atoms with E-state index < -0.39 is 0 Å². The smallest absolute Gasteiger partial charge is 0.175 e. The lowest BCUT2D eigenvalue weighted by molar-refractivity contribution is 0.827. The van der Waals surface area contributed by atoms with Gasteiger partial charge in [-0.05, 0) is 22.9 Å². The molecule has 0 aliphatic rings. The first-order chi connectivity index (χ1) is 14.0. The third kappa shape index (κ3) is 3.48. The van der Waals surface area contributed by atoms with E-state index in [1.54, 1.807) is 4.52 Å². The van der Waals surface area contributed by atoms with Crippen LogP contribution in [-0.4, -0.2) is 24.6 Å². The maximum atomic E-state index is 9.39. The van der Waals surface area contributed by atoms with Crippen LogP contribution in [0.5, 0.6) is 0 Å². The van der Waals surface area contributed by atoms with Gasteiger partial charge in [-0.15, -0.1) is 0 Å². The molecule has 10 heteroatoms. The van der Waals surface area contributed by atoms with Crippen LogP contribution < -0.4 is 11.1 Å². The average Bonchev–Trinajstić information content (AvgIpc) is 3.01. The van der Waals surface area contributed by atoms with Gasteiger partial charge in [0.15, 0.2) is 5.65 Å². The molecule has 0 amide bonds. The van der Waals surface area contributed by atoms with E-state index in [9.17, 15) is 5.26 Å². The van der Waals surface area contributed by atoms with Crippen molar-refractivity contribution in [3.05, 3.63) is 63.6 Å². The summed E-state index contributed by atoms with van der Waals surface area (Å²) < 4.78 is 2.13. The first-order valence-electron chi connectivity index (χ1n) is 8.56. The van der Waals surface area contributed by atoms with Gasteiger partial charge < -0.3 is 11.1 Å². The van der Waals surface area contributed by atoms with Crippen molar-refractivity contribution in [2.75, 3.05) is 11.1 Å². The highest BCUT2D eigenvalue weighted by Crippen LogP contribution is 2.33. The normalized spacial score (nSPS) is 11.9. The molecule has 0 bridgehead atoms. The minimum Gasteiger partial charge on any atom is -0.382 e. The van der Waals surface area contributed by atoms with Crippen molar-refractivity contribution >= 4 is 44.8 Å². The molecule has 1 aromatic carbocycles. The van der Waals surface area contributed by atoms with Crippen LogP contribution >= 0.6 is 27.5 Å². The minimum absolute atomic E-state index is 0.122. The molecule has 0 aliphatic carbocycles. The highest BCUT2D eigenvalue weighted by molar-refractivity contribution is 9.10. The Labute approximate surface area is 179 Å². The van der Waals surface area contributed by atoms with Gasteiger partial charge in [-0.2, -0.15) is 10.4 Å². The van der Waals surface area contributed by atoms with Gasteiger partial charge in [0, 0.05) is 17.3 Å². The number of hydrogen-bond acceptors (Lipinski definition) is 7. The fourth-order valence-corrected chi connectivity index (χ4v) is 3.49. The summed E-state index contributed by atoms with van der Waals surface area (Å²) in [7, 11) is 0.